The van der Waals surface area contributed by atoms with E-state index < -0.39 is 4.92 Å². The lowest BCUT2D eigenvalue weighted by atomic mass is 10.1. The molecule has 0 radical (unpaired) electrons. The molecule has 7 heteroatoms. The highest BCUT2D eigenvalue weighted by atomic mass is 16.6. The zero-order chi connectivity index (χ0) is 18.1. The largest absolute Gasteiger partial charge is 0.344 e. The second kappa shape index (κ2) is 6.16. The maximum absolute atomic E-state index is 10.8. The Bertz CT molecular complexity index is 836. The van der Waals surface area contributed by atoms with Crippen LogP contribution in [0.2, 0.25) is 0 Å². The Kier molecular flexibility index (Phi) is 4.42. The van der Waals surface area contributed by atoms with Gasteiger partial charge in [-0.3, -0.25) is 10.1 Å². The SMILES string of the molecule is C=C(C)Nc1c(C#N)c(-c2ccc([N+](=O)[O-])cc2)nn1C(C)(C)C. The van der Waals surface area contributed by atoms with E-state index in [9.17, 15) is 15.4 Å². The summed E-state index contributed by atoms with van der Waals surface area (Å²) in [5.74, 6) is 0.561. The van der Waals surface area contributed by atoms with Gasteiger partial charge in [-0.25, -0.2) is 4.68 Å². The first-order valence-electron chi connectivity index (χ1n) is 7.36. The summed E-state index contributed by atoms with van der Waals surface area (Å²) in [4.78, 5) is 10.3. The van der Waals surface area contributed by atoms with Crippen molar-refractivity contribution in [2.45, 2.75) is 33.2 Å². The van der Waals surface area contributed by atoms with Crippen molar-refractivity contribution in [1.29, 1.82) is 5.26 Å². The van der Waals surface area contributed by atoms with Crippen LogP contribution >= 0.6 is 0 Å². The molecule has 0 fully saturated rings. The zero-order valence-corrected chi connectivity index (χ0v) is 14.1. The normalized spacial score (nSPS) is 11.0. The van der Waals surface area contributed by atoms with Gasteiger partial charge in [-0.15, -0.1) is 0 Å². The smallest absolute Gasteiger partial charge is 0.269 e. The van der Waals surface area contributed by atoms with Crippen LogP contribution in [0.1, 0.15) is 33.3 Å². The molecule has 0 saturated heterocycles. The molecule has 1 aromatic heterocycles. The highest BCUT2D eigenvalue weighted by Gasteiger charge is 2.26. The van der Waals surface area contributed by atoms with Gasteiger partial charge < -0.3 is 5.32 Å². The van der Waals surface area contributed by atoms with Crippen LogP contribution in [0.4, 0.5) is 11.5 Å². The van der Waals surface area contributed by atoms with Crippen LogP contribution in [0.3, 0.4) is 0 Å². The van der Waals surface area contributed by atoms with Crippen LogP contribution in [-0.2, 0) is 5.54 Å². The summed E-state index contributed by atoms with van der Waals surface area (Å²) in [6.45, 7) is 11.6. The second-order valence-electron chi connectivity index (χ2n) is 6.48. The third-order valence-corrected chi connectivity index (χ3v) is 3.32. The average Bonchev–Trinajstić information content (AvgIpc) is 2.85. The molecule has 0 aliphatic heterocycles. The number of rotatable bonds is 4. The Labute approximate surface area is 140 Å². The molecule has 0 aliphatic rings. The fourth-order valence-corrected chi connectivity index (χ4v) is 2.27. The van der Waals surface area contributed by atoms with Gasteiger partial charge in [-0.2, -0.15) is 10.4 Å². The number of aromatic nitrogens is 2. The van der Waals surface area contributed by atoms with Gasteiger partial charge in [0.15, 0.2) is 0 Å². The minimum absolute atomic E-state index is 0.00667. The molecule has 0 aliphatic carbocycles. The van der Waals surface area contributed by atoms with Crippen LogP contribution in [0.15, 0.2) is 36.5 Å². The van der Waals surface area contributed by atoms with E-state index in [1.54, 1.807) is 23.7 Å². The Morgan fingerprint density at radius 2 is 1.96 bits per heavy atom. The van der Waals surface area contributed by atoms with Crippen LogP contribution in [0, 0.1) is 21.4 Å². The van der Waals surface area contributed by atoms with Crippen molar-refractivity contribution in [3.8, 4) is 17.3 Å². The van der Waals surface area contributed by atoms with Gasteiger partial charge in [-0.1, -0.05) is 6.58 Å². The van der Waals surface area contributed by atoms with Crippen molar-refractivity contribution in [3.63, 3.8) is 0 Å². The lowest BCUT2D eigenvalue weighted by molar-refractivity contribution is -0.384. The Morgan fingerprint density at radius 3 is 2.38 bits per heavy atom. The molecule has 1 aromatic carbocycles. The average molecular weight is 325 g/mol. The molecule has 1 N–H and O–H groups in total. The summed E-state index contributed by atoms with van der Waals surface area (Å²) in [6, 6.07) is 8.17. The molecule has 0 saturated carbocycles. The minimum atomic E-state index is -0.462. The van der Waals surface area contributed by atoms with E-state index in [2.05, 4.69) is 23.1 Å². The fraction of sp³-hybridized carbons (Fsp3) is 0.294. The highest BCUT2D eigenvalue weighted by Crippen LogP contribution is 2.33. The second-order valence-corrected chi connectivity index (χ2v) is 6.48. The molecule has 0 bridgehead atoms. The van der Waals surface area contributed by atoms with E-state index in [0.29, 0.717) is 28.3 Å². The van der Waals surface area contributed by atoms with Crippen molar-refractivity contribution in [1.82, 2.24) is 9.78 Å². The third kappa shape index (κ3) is 3.27. The molecular weight excluding hydrogens is 306 g/mol. The number of nitrogens with zero attached hydrogens (tertiary/aromatic N) is 4. The number of allylic oxidation sites excluding steroid dienone is 1. The molecule has 1 heterocycles. The number of nitriles is 1. The summed E-state index contributed by atoms with van der Waals surface area (Å²) in [6.07, 6.45) is 0. The number of hydrogen-bond acceptors (Lipinski definition) is 5. The van der Waals surface area contributed by atoms with Gasteiger partial charge in [0.1, 0.15) is 23.1 Å². The standard InChI is InChI=1S/C17H19N5O2/c1-11(2)19-16-14(10-18)15(20-21(16)17(3,4)5)12-6-8-13(9-7-12)22(23)24/h6-9,19H,1H2,2-5H3. The molecule has 2 rings (SSSR count). The first kappa shape index (κ1) is 17.2. The number of nitro groups is 1. The summed E-state index contributed by atoms with van der Waals surface area (Å²) in [5, 5.41) is 28.1. The number of anilines is 1. The van der Waals surface area contributed by atoms with Gasteiger partial charge >= 0.3 is 0 Å². The van der Waals surface area contributed by atoms with Gasteiger partial charge in [0.05, 0.1) is 10.5 Å². The van der Waals surface area contributed by atoms with Crippen LogP contribution in [0.25, 0.3) is 11.3 Å². The van der Waals surface area contributed by atoms with E-state index in [1.807, 2.05) is 20.8 Å². The first-order valence-corrected chi connectivity index (χ1v) is 7.36. The molecule has 2 aromatic rings. The van der Waals surface area contributed by atoms with E-state index in [0.717, 1.165) is 0 Å². The topological polar surface area (TPSA) is 96.8 Å². The summed E-state index contributed by atoms with van der Waals surface area (Å²) >= 11 is 0. The molecular formula is C17H19N5O2. The van der Waals surface area contributed by atoms with Crippen LogP contribution in [0.5, 0.6) is 0 Å². The number of benzene rings is 1. The van der Waals surface area contributed by atoms with Crippen molar-refractivity contribution >= 4 is 11.5 Å². The molecule has 0 unspecified atom stereocenters. The van der Waals surface area contributed by atoms with Gasteiger partial charge in [-0.05, 0) is 39.8 Å². The number of hydrogen-bond donors (Lipinski definition) is 1. The lowest BCUT2D eigenvalue weighted by Gasteiger charge is -2.22. The van der Waals surface area contributed by atoms with Gasteiger partial charge in [0.2, 0.25) is 0 Å². The highest BCUT2D eigenvalue weighted by molar-refractivity contribution is 5.75. The third-order valence-electron chi connectivity index (χ3n) is 3.32. The van der Waals surface area contributed by atoms with E-state index in [-0.39, 0.29) is 11.2 Å². The lowest BCUT2D eigenvalue weighted by Crippen LogP contribution is -2.25. The van der Waals surface area contributed by atoms with Crippen molar-refractivity contribution in [2.24, 2.45) is 0 Å². The van der Waals surface area contributed by atoms with Gasteiger partial charge in [0, 0.05) is 23.4 Å². The maximum Gasteiger partial charge on any atom is 0.269 e. The molecule has 0 atom stereocenters. The van der Waals surface area contributed by atoms with Crippen LogP contribution in [-0.4, -0.2) is 14.7 Å². The Morgan fingerprint density at radius 1 is 1.38 bits per heavy atom. The van der Waals surface area contributed by atoms with Crippen LogP contribution < -0.4 is 5.32 Å². The fourth-order valence-electron chi connectivity index (χ4n) is 2.27. The Hall–Kier alpha value is -3.14. The van der Waals surface area contributed by atoms with E-state index in [1.165, 1.54) is 12.1 Å². The number of nitro benzene ring substituents is 1. The molecule has 24 heavy (non-hydrogen) atoms. The number of nitrogens with one attached hydrogen (secondary N) is 1. The van der Waals surface area contributed by atoms with Crippen molar-refractivity contribution < 1.29 is 4.92 Å². The molecule has 7 nitrogen and oxygen atoms in total. The first-order chi connectivity index (χ1) is 11.1. The summed E-state index contributed by atoms with van der Waals surface area (Å²) in [5.41, 5.74) is 1.82. The monoisotopic (exact) mass is 325 g/mol. The van der Waals surface area contributed by atoms with E-state index >= 15 is 0 Å². The van der Waals surface area contributed by atoms with Gasteiger partial charge in [0.25, 0.3) is 5.69 Å². The maximum atomic E-state index is 10.8. The predicted octanol–water partition coefficient (Wildman–Crippen LogP) is 4.03. The van der Waals surface area contributed by atoms with Crippen molar-refractivity contribution in [2.75, 3.05) is 5.32 Å². The molecule has 0 spiro atoms. The molecule has 0 amide bonds. The van der Waals surface area contributed by atoms with E-state index in [4.69, 9.17) is 0 Å². The zero-order valence-electron chi connectivity index (χ0n) is 14.1. The predicted molar refractivity (Wildman–Crippen MR) is 92.5 cm³/mol. The Balaban J connectivity index is 2.66. The molecule has 124 valence electrons. The summed E-state index contributed by atoms with van der Waals surface area (Å²) < 4.78 is 1.73. The minimum Gasteiger partial charge on any atom is -0.344 e. The van der Waals surface area contributed by atoms with Crippen molar-refractivity contribution in [3.05, 3.63) is 52.2 Å². The quantitative estimate of drug-likeness (QED) is 0.676. The number of non-ortho nitro benzene ring substituents is 1. The summed E-state index contributed by atoms with van der Waals surface area (Å²) in [7, 11) is 0.